The number of likely N-dealkylation sites (tertiary alicyclic amines) is 1. The Balaban J connectivity index is 1.84. The molecule has 0 saturated carbocycles. The molecule has 1 saturated heterocycles. The van der Waals surface area contributed by atoms with Crippen LogP contribution in [-0.4, -0.2) is 46.6 Å². The summed E-state index contributed by atoms with van der Waals surface area (Å²) in [5.41, 5.74) is -0.515. The number of alkyl carbamates (subject to hydrolysis) is 1. The molecule has 1 fully saturated rings. The molecule has 1 aliphatic heterocycles. The van der Waals surface area contributed by atoms with Gasteiger partial charge in [-0.25, -0.2) is 9.78 Å². The van der Waals surface area contributed by atoms with E-state index in [1.807, 2.05) is 20.8 Å². The average molecular weight is 297 g/mol. The van der Waals surface area contributed by atoms with Gasteiger partial charge in [0, 0.05) is 24.7 Å². The van der Waals surface area contributed by atoms with Crippen LogP contribution in [0.25, 0.3) is 0 Å². The summed E-state index contributed by atoms with van der Waals surface area (Å²) >= 11 is 1.33. The summed E-state index contributed by atoms with van der Waals surface area (Å²) in [4.78, 5) is 29.5. The number of aromatic nitrogens is 1. The van der Waals surface area contributed by atoms with E-state index in [1.54, 1.807) is 16.5 Å². The normalized spacial score (nSPS) is 18.9. The molecule has 0 spiro atoms. The summed E-state index contributed by atoms with van der Waals surface area (Å²) in [6, 6.07) is -0.0613. The Morgan fingerprint density at radius 2 is 2.25 bits per heavy atom. The highest BCUT2D eigenvalue weighted by atomic mass is 32.1. The summed E-state index contributed by atoms with van der Waals surface area (Å²) in [6.07, 6.45) is 1.91. The molecule has 2 heterocycles. The summed E-state index contributed by atoms with van der Waals surface area (Å²) in [5, 5.41) is 5.06. The van der Waals surface area contributed by atoms with Crippen molar-refractivity contribution in [2.75, 3.05) is 13.1 Å². The molecule has 7 heteroatoms. The van der Waals surface area contributed by atoms with Crippen LogP contribution in [-0.2, 0) is 4.74 Å². The molecule has 1 N–H and O–H groups in total. The van der Waals surface area contributed by atoms with Gasteiger partial charge in [0.1, 0.15) is 5.60 Å². The number of amides is 2. The van der Waals surface area contributed by atoms with Gasteiger partial charge in [-0.2, -0.15) is 0 Å². The number of carbonyl (C=O) groups excluding carboxylic acids is 2. The number of rotatable bonds is 2. The van der Waals surface area contributed by atoms with Gasteiger partial charge in [0.05, 0.1) is 6.04 Å². The monoisotopic (exact) mass is 297 g/mol. The molecule has 1 atom stereocenters. The van der Waals surface area contributed by atoms with E-state index in [9.17, 15) is 9.59 Å². The van der Waals surface area contributed by atoms with Crippen molar-refractivity contribution in [1.82, 2.24) is 15.2 Å². The van der Waals surface area contributed by atoms with Crippen LogP contribution in [0.3, 0.4) is 0 Å². The minimum absolute atomic E-state index is 0.0613. The van der Waals surface area contributed by atoms with Gasteiger partial charge in [-0.15, -0.1) is 11.3 Å². The Labute approximate surface area is 122 Å². The largest absolute Gasteiger partial charge is 0.444 e. The Kier molecular flexibility index (Phi) is 4.27. The van der Waals surface area contributed by atoms with Crippen molar-refractivity contribution in [1.29, 1.82) is 0 Å². The lowest BCUT2D eigenvalue weighted by atomic mass is 10.2. The quantitative estimate of drug-likeness (QED) is 0.904. The Hall–Kier alpha value is -1.63. The lowest BCUT2D eigenvalue weighted by Gasteiger charge is -2.21. The molecule has 2 rings (SSSR count). The molecule has 1 unspecified atom stereocenters. The van der Waals surface area contributed by atoms with Gasteiger partial charge in [-0.05, 0) is 27.2 Å². The molecular weight excluding hydrogens is 278 g/mol. The highest BCUT2D eigenvalue weighted by Crippen LogP contribution is 2.16. The number of carbonyl (C=O) groups is 2. The highest BCUT2D eigenvalue weighted by molar-refractivity contribution is 7.11. The maximum atomic E-state index is 12.1. The highest BCUT2D eigenvalue weighted by Gasteiger charge is 2.30. The van der Waals surface area contributed by atoms with E-state index in [2.05, 4.69) is 10.3 Å². The topological polar surface area (TPSA) is 71.5 Å². The van der Waals surface area contributed by atoms with Gasteiger partial charge in [0.25, 0.3) is 5.91 Å². The Morgan fingerprint density at radius 1 is 1.50 bits per heavy atom. The maximum Gasteiger partial charge on any atom is 0.407 e. The van der Waals surface area contributed by atoms with Crippen LogP contribution < -0.4 is 5.32 Å². The van der Waals surface area contributed by atoms with Gasteiger partial charge in [-0.3, -0.25) is 4.79 Å². The van der Waals surface area contributed by atoms with E-state index in [0.29, 0.717) is 18.1 Å². The zero-order valence-electron chi connectivity index (χ0n) is 11.9. The van der Waals surface area contributed by atoms with E-state index < -0.39 is 11.7 Å². The van der Waals surface area contributed by atoms with Crippen LogP contribution in [0.5, 0.6) is 0 Å². The van der Waals surface area contributed by atoms with Gasteiger partial charge in [0.15, 0.2) is 5.01 Å². The number of hydrogen-bond donors (Lipinski definition) is 1. The first-order chi connectivity index (χ1) is 9.35. The van der Waals surface area contributed by atoms with Crippen LogP contribution in [0.4, 0.5) is 4.79 Å². The summed E-state index contributed by atoms with van der Waals surface area (Å²) in [5.74, 6) is -0.0755. The van der Waals surface area contributed by atoms with Crippen LogP contribution in [0.2, 0.25) is 0 Å². The zero-order valence-corrected chi connectivity index (χ0v) is 12.7. The molecule has 2 amide bonds. The van der Waals surface area contributed by atoms with Crippen molar-refractivity contribution < 1.29 is 14.3 Å². The Bertz CT molecular complexity index is 482. The third kappa shape index (κ3) is 3.93. The zero-order chi connectivity index (χ0) is 14.8. The van der Waals surface area contributed by atoms with E-state index in [4.69, 9.17) is 4.74 Å². The maximum absolute atomic E-state index is 12.1. The van der Waals surface area contributed by atoms with Crippen LogP contribution in [0, 0.1) is 0 Å². The minimum Gasteiger partial charge on any atom is -0.444 e. The van der Waals surface area contributed by atoms with Crippen molar-refractivity contribution in [2.24, 2.45) is 0 Å². The molecule has 6 nitrogen and oxygen atoms in total. The molecule has 110 valence electrons. The van der Waals surface area contributed by atoms with Crippen molar-refractivity contribution in [3.63, 3.8) is 0 Å². The van der Waals surface area contributed by atoms with E-state index in [0.717, 1.165) is 6.42 Å². The van der Waals surface area contributed by atoms with Gasteiger partial charge in [-0.1, -0.05) is 0 Å². The molecule has 0 radical (unpaired) electrons. The average Bonchev–Trinajstić information content (AvgIpc) is 2.95. The van der Waals surface area contributed by atoms with Gasteiger partial charge in [0.2, 0.25) is 0 Å². The van der Waals surface area contributed by atoms with Crippen LogP contribution in [0.1, 0.15) is 37.0 Å². The smallest absolute Gasteiger partial charge is 0.407 e. The fraction of sp³-hybridized carbons (Fsp3) is 0.615. The van der Waals surface area contributed by atoms with Crippen molar-refractivity contribution in [2.45, 2.75) is 38.8 Å². The molecule has 20 heavy (non-hydrogen) atoms. The fourth-order valence-corrected chi connectivity index (χ4v) is 2.60. The first-order valence-corrected chi connectivity index (χ1v) is 7.41. The molecule has 1 aliphatic rings. The van der Waals surface area contributed by atoms with E-state index in [-0.39, 0.29) is 11.9 Å². The second-order valence-corrected chi connectivity index (χ2v) is 6.61. The van der Waals surface area contributed by atoms with E-state index in [1.165, 1.54) is 11.3 Å². The number of ether oxygens (including phenoxy) is 1. The molecule has 0 aromatic carbocycles. The molecule has 1 aromatic rings. The molecular formula is C13H19N3O3S. The lowest BCUT2D eigenvalue weighted by Crippen LogP contribution is -2.41. The third-order valence-corrected chi connectivity index (χ3v) is 3.57. The third-order valence-electron chi connectivity index (χ3n) is 2.81. The predicted molar refractivity (Wildman–Crippen MR) is 75.8 cm³/mol. The van der Waals surface area contributed by atoms with Crippen molar-refractivity contribution >= 4 is 23.3 Å². The second-order valence-electron chi connectivity index (χ2n) is 5.72. The summed E-state index contributed by atoms with van der Waals surface area (Å²) < 4.78 is 5.20. The second kappa shape index (κ2) is 5.78. The molecule has 1 aromatic heterocycles. The Morgan fingerprint density at radius 3 is 2.85 bits per heavy atom. The number of nitrogens with one attached hydrogen (secondary N) is 1. The van der Waals surface area contributed by atoms with Crippen molar-refractivity contribution in [3.05, 3.63) is 16.6 Å². The minimum atomic E-state index is -0.515. The van der Waals surface area contributed by atoms with Crippen LogP contribution in [0.15, 0.2) is 11.6 Å². The fourth-order valence-electron chi connectivity index (χ4n) is 2.00. The first-order valence-electron chi connectivity index (χ1n) is 6.53. The van der Waals surface area contributed by atoms with Gasteiger partial charge < -0.3 is 15.0 Å². The summed E-state index contributed by atoms with van der Waals surface area (Å²) in [7, 11) is 0. The first kappa shape index (κ1) is 14.8. The predicted octanol–water partition coefficient (Wildman–Crippen LogP) is 1.88. The number of hydrogen-bond acceptors (Lipinski definition) is 5. The molecule has 0 bridgehead atoms. The number of nitrogens with zero attached hydrogens (tertiary/aromatic N) is 2. The van der Waals surface area contributed by atoms with Crippen molar-refractivity contribution in [3.8, 4) is 0 Å². The SMILES string of the molecule is CC(C)(C)OC(=O)NC1CCN(C(=O)c2nccs2)C1. The van der Waals surface area contributed by atoms with Gasteiger partial charge >= 0.3 is 6.09 Å². The van der Waals surface area contributed by atoms with Crippen LogP contribution >= 0.6 is 11.3 Å². The molecule has 0 aliphatic carbocycles. The van der Waals surface area contributed by atoms with E-state index >= 15 is 0 Å². The lowest BCUT2D eigenvalue weighted by molar-refractivity contribution is 0.0502. The number of thiazole rings is 1. The summed E-state index contributed by atoms with van der Waals surface area (Å²) in [6.45, 7) is 6.58. The standard InChI is InChI=1S/C13H19N3O3S/c1-13(2,3)19-12(18)15-9-4-6-16(8-9)11(17)10-14-5-7-20-10/h5,7,9H,4,6,8H2,1-3H3,(H,15,18).